The molecule has 0 spiro atoms. The average molecular weight is 375 g/mol. The number of rotatable bonds is 6. The van der Waals surface area contributed by atoms with Crippen LogP contribution in [-0.4, -0.2) is 70.6 Å². The molecule has 2 fully saturated rings. The number of amides is 1. The molecule has 0 bridgehead atoms. The zero-order chi connectivity index (χ0) is 17.0. The fourth-order valence-electron chi connectivity index (χ4n) is 3.08. The third kappa shape index (κ3) is 4.34. The summed E-state index contributed by atoms with van der Waals surface area (Å²) in [5.41, 5.74) is 0. The van der Waals surface area contributed by atoms with E-state index in [9.17, 15) is 13.2 Å². The van der Waals surface area contributed by atoms with E-state index in [-0.39, 0.29) is 12.0 Å². The molecule has 1 aromatic heterocycles. The Balaban J connectivity index is 1.42. The molecule has 0 unspecified atom stereocenters. The number of piperazine rings is 1. The molecule has 3 heterocycles. The van der Waals surface area contributed by atoms with E-state index in [1.54, 1.807) is 17.5 Å². The minimum absolute atomic E-state index is 0.00932. The molecule has 1 amide bonds. The highest BCUT2D eigenvalue weighted by molar-refractivity contribution is 7.91. The predicted molar refractivity (Wildman–Crippen MR) is 90.6 cm³/mol. The summed E-state index contributed by atoms with van der Waals surface area (Å²) in [6, 6.07) is 3.38. The van der Waals surface area contributed by atoms with Gasteiger partial charge in [0.25, 0.3) is 15.9 Å². The first kappa shape index (κ1) is 17.8. The van der Waals surface area contributed by atoms with Gasteiger partial charge < -0.3 is 15.0 Å². The quantitative estimate of drug-likeness (QED) is 0.665. The lowest BCUT2D eigenvalue weighted by molar-refractivity contribution is -0.895. The summed E-state index contributed by atoms with van der Waals surface area (Å²) in [4.78, 5) is 13.1. The largest absolute Gasteiger partial charge is 0.376 e. The number of thiophene rings is 1. The SMILES string of the molecule is O=C(C[NH+]1CCN(S(=O)(=O)c2cccs2)CC1)NC[C@@H]1CCCO1. The average Bonchev–Trinajstić information content (AvgIpc) is 3.27. The fraction of sp³-hybridized carbons (Fsp3) is 0.667. The Morgan fingerprint density at radius 3 is 2.83 bits per heavy atom. The van der Waals surface area contributed by atoms with Gasteiger partial charge in [-0.1, -0.05) is 6.07 Å². The molecule has 0 aliphatic carbocycles. The topological polar surface area (TPSA) is 80.2 Å². The Morgan fingerprint density at radius 2 is 2.21 bits per heavy atom. The summed E-state index contributed by atoms with van der Waals surface area (Å²) >= 11 is 1.24. The van der Waals surface area contributed by atoms with Crippen molar-refractivity contribution in [1.29, 1.82) is 0 Å². The summed E-state index contributed by atoms with van der Waals surface area (Å²) in [5, 5.41) is 4.69. The molecular formula is C15H24N3O4S2+. The second kappa shape index (κ2) is 7.92. The van der Waals surface area contributed by atoms with Crippen molar-refractivity contribution in [1.82, 2.24) is 9.62 Å². The van der Waals surface area contributed by atoms with Crippen molar-refractivity contribution in [3.63, 3.8) is 0 Å². The van der Waals surface area contributed by atoms with Crippen molar-refractivity contribution in [3.8, 4) is 0 Å². The lowest BCUT2D eigenvalue weighted by Gasteiger charge is -2.30. The molecule has 3 rings (SSSR count). The van der Waals surface area contributed by atoms with E-state index in [1.165, 1.54) is 15.6 Å². The summed E-state index contributed by atoms with van der Waals surface area (Å²) in [6.45, 7) is 3.95. The van der Waals surface area contributed by atoms with Crippen LogP contribution >= 0.6 is 11.3 Å². The molecule has 134 valence electrons. The van der Waals surface area contributed by atoms with E-state index >= 15 is 0 Å². The van der Waals surface area contributed by atoms with E-state index < -0.39 is 10.0 Å². The standard InChI is InChI=1S/C15H23N3O4S2/c19-14(16-11-13-3-1-9-22-13)12-17-5-7-18(8-6-17)24(20,21)15-4-2-10-23-15/h2,4,10,13H,1,3,5-9,11-12H2,(H,16,19)/p+1/t13-/m0/s1. The number of hydrogen-bond donors (Lipinski definition) is 2. The van der Waals surface area contributed by atoms with Crippen molar-refractivity contribution < 1.29 is 22.8 Å². The Morgan fingerprint density at radius 1 is 1.42 bits per heavy atom. The number of carbonyl (C=O) groups excluding carboxylic acids is 1. The van der Waals surface area contributed by atoms with Crippen LogP contribution < -0.4 is 10.2 Å². The van der Waals surface area contributed by atoms with Crippen LogP contribution in [0.3, 0.4) is 0 Å². The van der Waals surface area contributed by atoms with Gasteiger partial charge in [-0.25, -0.2) is 8.42 Å². The van der Waals surface area contributed by atoms with Gasteiger partial charge in [-0.15, -0.1) is 11.3 Å². The smallest absolute Gasteiger partial charge is 0.275 e. The Hall–Kier alpha value is -1.00. The molecule has 9 heteroatoms. The zero-order valence-electron chi connectivity index (χ0n) is 13.6. The summed E-state index contributed by atoms with van der Waals surface area (Å²) in [5.74, 6) is 0.00932. The molecule has 0 radical (unpaired) electrons. The highest BCUT2D eigenvalue weighted by Gasteiger charge is 2.31. The van der Waals surface area contributed by atoms with Crippen molar-refractivity contribution in [3.05, 3.63) is 17.5 Å². The van der Waals surface area contributed by atoms with Crippen molar-refractivity contribution in [2.45, 2.75) is 23.2 Å². The monoisotopic (exact) mass is 374 g/mol. The third-order valence-corrected chi connectivity index (χ3v) is 7.75. The first-order chi connectivity index (χ1) is 11.6. The highest BCUT2D eigenvalue weighted by atomic mass is 32.2. The molecule has 2 N–H and O–H groups in total. The van der Waals surface area contributed by atoms with Crippen LogP contribution in [-0.2, 0) is 19.6 Å². The van der Waals surface area contributed by atoms with Crippen LogP contribution in [0.4, 0.5) is 0 Å². The van der Waals surface area contributed by atoms with Gasteiger partial charge in [0.1, 0.15) is 4.21 Å². The van der Waals surface area contributed by atoms with Crippen LogP contribution in [0.25, 0.3) is 0 Å². The Kier molecular flexibility index (Phi) is 5.88. The number of hydrogen-bond acceptors (Lipinski definition) is 5. The van der Waals surface area contributed by atoms with E-state index in [2.05, 4.69) is 5.32 Å². The maximum absolute atomic E-state index is 12.5. The number of ether oxygens (including phenoxy) is 1. The van der Waals surface area contributed by atoms with Crippen molar-refractivity contribution in [2.75, 3.05) is 45.9 Å². The van der Waals surface area contributed by atoms with Crippen LogP contribution in [0.15, 0.2) is 21.7 Å². The van der Waals surface area contributed by atoms with Gasteiger partial charge in [-0.2, -0.15) is 4.31 Å². The molecule has 24 heavy (non-hydrogen) atoms. The zero-order valence-corrected chi connectivity index (χ0v) is 15.2. The number of quaternary nitrogens is 1. The summed E-state index contributed by atoms with van der Waals surface area (Å²) in [7, 11) is -3.37. The second-order valence-electron chi connectivity index (χ2n) is 6.20. The molecule has 2 aliphatic heterocycles. The van der Waals surface area contributed by atoms with E-state index in [0.717, 1.165) is 24.3 Å². The van der Waals surface area contributed by atoms with Gasteiger partial charge in [0.2, 0.25) is 0 Å². The molecule has 0 aromatic carbocycles. The number of nitrogens with one attached hydrogen (secondary N) is 2. The number of carbonyl (C=O) groups is 1. The first-order valence-corrected chi connectivity index (χ1v) is 10.6. The predicted octanol–water partition coefficient (Wildman–Crippen LogP) is -1.07. The van der Waals surface area contributed by atoms with Crippen LogP contribution in [0.1, 0.15) is 12.8 Å². The maximum atomic E-state index is 12.5. The Labute approximate surface area is 146 Å². The second-order valence-corrected chi connectivity index (χ2v) is 9.31. The number of sulfonamides is 1. The summed E-state index contributed by atoms with van der Waals surface area (Å²) in [6.07, 6.45) is 2.22. The maximum Gasteiger partial charge on any atom is 0.275 e. The number of nitrogens with zero attached hydrogens (tertiary/aromatic N) is 1. The third-order valence-electron chi connectivity index (χ3n) is 4.48. The van der Waals surface area contributed by atoms with Gasteiger partial charge >= 0.3 is 0 Å². The van der Waals surface area contributed by atoms with Crippen LogP contribution in [0.5, 0.6) is 0 Å². The van der Waals surface area contributed by atoms with E-state index in [0.29, 0.717) is 43.5 Å². The van der Waals surface area contributed by atoms with Gasteiger partial charge in [0, 0.05) is 13.2 Å². The Bertz CT molecular complexity index is 634. The van der Waals surface area contributed by atoms with Crippen LogP contribution in [0.2, 0.25) is 0 Å². The minimum Gasteiger partial charge on any atom is -0.376 e. The first-order valence-electron chi connectivity index (χ1n) is 8.31. The normalized spacial score (nSPS) is 23.4. The molecule has 7 nitrogen and oxygen atoms in total. The molecule has 0 saturated carbocycles. The fourth-order valence-corrected chi connectivity index (χ4v) is 5.67. The summed E-state index contributed by atoms with van der Waals surface area (Å²) < 4.78 is 32.3. The molecular weight excluding hydrogens is 350 g/mol. The van der Waals surface area contributed by atoms with Gasteiger partial charge in [-0.3, -0.25) is 4.79 Å². The van der Waals surface area contributed by atoms with Crippen LogP contribution in [0, 0.1) is 0 Å². The lowest BCUT2D eigenvalue weighted by atomic mass is 10.2. The van der Waals surface area contributed by atoms with Crippen molar-refractivity contribution in [2.24, 2.45) is 0 Å². The van der Waals surface area contributed by atoms with E-state index in [4.69, 9.17) is 4.74 Å². The van der Waals surface area contributed by atoms with Gasteiger partial charge in [0.15, 0.2) is 6.54 Å². The van der Waals surface area contributed by atoms with Crippen molar-refractivity contribution >= 4 is 27.3 Å². The minimum atomic E-state index is -3.37. The molecule has 2 aliphatic rings. The molecule has 1 aromatic rings. The molecule has 1 atom stereocenters. The highest BCUT2D eigenvalue weighted by Crippen LogP contribution is 2.20. The van der Waals surface area contributed by atoms with Gasteiger partial charge in [-0.05, 0) is 24.3 Å². The molecule has 2 saturated heterocycles. The van der Waals surface area contributed by atoms with E-state index in [1.807, 2.05) is 0 Å². The lowest BCUT2D eigenvalue weighted by Crippen LogP contribution is -3.15. The van der Waals surface area contributed by atoms with Gasteiger partial charge in [0.05, 0.1) is 32.3 Å².